The third kappa shape index (κ3) is 6.54. The third-order valence-corrected chi connectivity index (χ3v) is 3.54. The standard InChI is InChI=1S/C13H18NO6S/c1-10(4-3-5-15)20-13-7-11(9-21(2,18)19)6-12(8-13)14(16)17/h6-8,10H,3-5,9H2,1-2H3. The summed E-state index contributed by atoms with van der Waals surface area (Å²) < 4.78 is 28.1. The van der Waals surface area contributed by atoms with Gasteiger partial charge in [-0.15, -0.1) is 0 Å². The highest BCUT2D eigenvalue weighted by molar-refractivity contribution is 7.89. The van der Waals surface area contributed by atoms with Crippen molar-refractivity contribution in [3.05, 3.63) is 33.9 Å². The summed E-state index contributed by atoms with van der Waals surface area (Å²) in [6.45, 7) is 1.55. The Bertz CT molecular complexity index is 599. The second kappa shape index (κ2) is 7.37. The van der Waals surface area contributed by atoms with Crippen LogP contribution in [0.3, 0.4) is 0 Å². The van der Waals surface area contributed by atoms with Gasteiger partial charge < -0.3 is 4.74 Å². The van der Waals surface area contributed by atoms with Crippen LogP contribution < -0.4 is 4.74 Å². The van der Waals surface area contributed by atoms with Crippen LogP contribution in [0.25, 0.3) is 0 Å². The van der Waals surface area contributed by atoms with E-state index >= 15 is 0 Å². The molecule has 117 valence electrons. The van der Waals surface area contributed by atoms with Crippen LogP contribution in [0.15, 0.2) is 18.2 Å². The second-order valence-corrected chi connectivity index (χ2v) is 7.08. The molecule has 0 saturated carbocycles. The van der Waals surface area contributed by atoms with Crippen molar-refractivity contribution in [2.24, 2.45) is 0 Å². The fourth-order valence-corrected chi connectivity index (χ4v) is 2.64. The first-order chi connectivity index (χ1) is 9.71. The molecular formula is C13H18NO6S. The Morgan fingerprint density at radius 1 is 1.33 bits per heavy atom. The van der Waals surface area contributed by atoms with Gasteiger partial charge in [-0.3, -0.25) is 10.1 Å². The number of rotatable bonds is 8. The Hall–Kier alpha value is -1.67. The van der Waals surface area contributed by atoms with Crippen molar-refractivity contribution < 1.29 is 23.2 Å². The van der Waals surface area contributed by atoms with E-state index in [0.717, 1.165) is 6.26 Å². The summed E-state index contributed by atoms with van der Waals surface area (Å²) in [5, 5.41) is 21.3. The van der Waals surface area contributed by atoms with Gasteiger partial charge in [0, 0.05) is 12.3 Å². The minimum atomic E-state index is -3.30. The van der Waals surface area contributed by atoms with Gasteiger partial charge in [0.15, 0.2) is 9.84 Å². The van der Waals surface area contributed by atoms with Crippen molar-refractivity contribution in [1.29, 1.82) is 0 Å². The van der Waals surface area contributed by atoms with Gasteiger partial charge in [0.1, 0.15) is 5.75 Å². The molecular weight excluding hydrogens is 298 g/mol. The summed E-state index contributed by atoms with van der Waals surface area (Å²) in [4.78, 5) is 10.3. The number of hydrogen-bond donors (Lipinski definition) is 0. The number of ether oxygens (including phenoxy) is 1. The quantitative estimate of drug-likeness (QED) is 0.539. The number of nitro groups is 1. The van der Waals surface area contributed by atoms with Crippen LogP contribution in [-0.2, 0) is 20.7 Å². The van der Waals surface area contributed by atoms with Crippen LogP contribution >= 0.6 is 0 Å². The van der Waals surface area contributed by atoms with Crippen LogP contribution in [0.5, 0.6) is 5.75 Å². The lowest BCUT2D eigenvalue weighted by Crippen LogP contribution is -2.12. The zero-order chi connectivity index (χ0) is 16.0. The summed E-state index contributed by atoms with van der Waals surface area (Å²) in [5.74, 6) is -0.0544. The molecule has 0 saturated heterocycles. The topological polar surface area (TPSA) is 106 Å². The molecule has 0 heterocycles. The summed E-state index contributed by atoms with van der Waals surface area (Å²) in [6, 6.07) is 3.94. The monoisotopic (exact) mass is 316 g/mol. The smallest absolute Gasteiger partial charge is 0.273 e. The molecule has 0 N–H and O–H groups in total. The van der Waals surface area contributed by atoms with Gasteiger partial charge in [-0.25, -0.2) is 13.5 Å². The summed E-state index contributed by atoms with van der Waals surface area (Å²) in [7, 11) is -3.30. The molecule has 8 heteroatoms. The molecule has 0 aromatic heterocycles. The number of sulfone groups is 1. The van der Waals surface area contributed by atoms with Crippen LogP contribution in [0, 0.1) is 10.1 Å². The Balaban J connectivity index is 2.99. The van der Waals surface area contributed by atoms with Crippen molar-refractivity contribution in [3.63, 3.8) is 0 Å². The van der Waals surface area contributed by atoms with E-state index < -0.39 is 14.8 Å². The van der Waals surface area contributed by atoms with Gasteiger partial charge >= 0.3 is 0 Å². The maximum atomic E-state index is 11.3. The predicted molar refractivity (Wildman–Crippen MR) is 76.5 cm³/mol. The molecule has 0 aliphatic heterocycles. The van der Waals surface area contributed by atoms with E-state index in [-0.39, 0.29) is 29.9 Å². The van der Waals surface area contributed by atoms with Gasteiger partial charge in [-0.2, -0.15) is 0 Å². The van der Waals surface area contributed by atoms with Crippen molar-refractivity contribution >= 4 is 15.5 Å². The molecule has 0 fully saturated rings. The SMILES string of the molecule is CC(CCC[O])Oc1cc(CS(C)(=O)=O)cc([N+](=O)[O-])c1. The van der Waals surface area contributed by atoms with Gasteiger partial charge in [-0.1, -0.05) is 0 Å². The molecule has 1 rings (SSSR count). The molecule has 1 atom stereocenters. The Morgan fingerprint density at radius 2 is 2.00 bits per heavy atom. The minimum absolute atomic E-state index is 0.206. The molecule has 0 spiro atoms. The second-order valence-electron chi connectivity index (χ2n) is 4.94. The van der Waals surface area contributed by atoms with Crippen LogP contribution in [-0.4, -0.2) is 32.3 Å². The number of nitrogens with zero attached hydrogens (tertiary/aromatic N) is 1. The molecule has 0 aliphatic rings. The van der Waals surface area contributed by atoms with Gasteiger partial charge in [0.05, 0.1) is 29.5 Å². The zero-order valence-corrected chi connectivity index (χ0v) is 12.8. The fourth-order valence-electron chi connectivity index (χ4n) is 1.86. The average molecular weight is 316 g/mol. The van der Waals surface area contributed by atoms with E-state index in [2.05, 4.69) is 0 Å². The van der Waals surface area contributed by atoms with E-state index in [1.165, 1.54) is 18.2 Å². The normalized spacial score (nSPS) is 12.9. The lowest BCUT2D eigenvalue weighted by atomic mass is 10.2. The molecule has 0 amide bonds. The van der Waals surface area contributed by atoms with E-state index in [4.69, 9.17) is 4.74 Å². The van der Waals surface area contributed by atoms with Crippen molar-refractivity contribution in [1.82, 2.24) is 0 Å². The minimum Gasteiger partial charge on any atom is -0.490 e. The number of benzene rings is 1. The van der Waals surface area contributed by atoms with Crippen LogP contribution in [0.2, 0.25) is 0 Å². The van der Waals surface area contributed by atoms with Crippen molar-refractivity contribution in [2.75, 3.05) is 12.9 Å². The first-order valence-corrected chi connectivity index (χ1v) is 8.48. The van der Waals surface area contributed by atoms with Crippen LogP contribution in [0.1, 0.15) is 25.3 Å². The highest BCUT2D eigenvalue weighted by atomic mass is 32.2. The molecule has 0 bridgehead atoms. The molecule has 1 unspecified atom stereocenters. The molecule has 21 heavy (non-hydrogen) atoms. The third-order valence-electron chi connectivity index (χ3n) is 2.68. The summed E-state index contributed by atoms with van der Waals surface area (Å²) in [5.41, 5.74) is 0.0832. The zero-order valence-electron chi connectivity index (χ0n) is 11.9. The van der Waals surface area contributed by atoms with Gasteiger partial charge in [-0.05, 0) is 31.4 Å². The number of non-ortho nitro benzene ring substituents is 1. The molecule has 0 aliphatic carbocycles. The molecule has 1 aromatic rings. The lowest BCUT2D eigenvalue weighted by Gasteiger charge is -2.14. The van der Waals surface area contributed by atoms with E-state index in [9.17, 15) is 23.6 Å². The first kappa shape index (κ1) is 17.4. The molecule has 1 radical (unpaired) electrons. The van der Waals surface area contributed by atoms with Crippen molar-refractivity contribution in [2.45, 2.75) is 31.6 Å². The van der Waals surface area contributed by atoms with Crippen molar-refractivity contribution in [3.8, 4) is 5.75 Å². The van der Waals surface area contributed by atoms with E-state index in [0.29, 0.717) is 18.4 Å². The number of nitro benzene ring substituents is 1. The van der Waals surface area contributed by atoms with E-state index in [1.54, 1.807) is 6.92 Å². The van der Waals surface area contributed by atoms with Gasteiger partial charge in [0.25, 0.3) is 5.69 Å². The Labute approximate surface area is 123 Å². The summed E-state index contributed by atoms with van der Waals surface area (Å²) in [6.07, 6.45) is 1.77. The largest absolute Gasteiger partial charge is 0.490 e. The Kier molecular flexibility index (Phi) is 6.10. The lowest BCUT2D eigenvalue weighted by molar-refractivity contribution is -0.385. The summed E-state index contributed by atoms with van der Waals surface area (Å²) >= 11 is 0. The maximum absolute atomic E-state index is 11.3. The predicted octanol–water partition coefficient (Wildman–Crippen LogP) is 2.12. The first-order valence-electron chi connectivity index (χ1n) is 6.42. The highest BCUT2D eigenvalue weighted by Gasteiger charge is 2.15. The fraction of sp³-hybridized carbons (Fsp3) is 0.538. The highest BCUT2D eigenvalue weighted by Crippen LogP contribution is 2.25. The van der Waals surface area contributed by atoms with Gasteiger partial charge in [0.2, 0.25) is 0 Å². The average Bonchev–Trinajstić information content (AvgIpc) is 2.33. The molecule has 7 nitrogen and oxygen atoms in total. The maximum Gasteiger partial charge on any atom is 0.273 e. The Morgan fingerprint density at radius 3 is 2.52 bits per heavy atom. The van der Waals surface area contributed by atoms with E-state index in [1.807, 2.05) is 0 Å². The molecule has 1 aromatic carbocycles. The van der Waals surface area contributed by atoms with Crippen LogP contribution in [0.4, 0.5) is 5.69 Å². The number of hydrogen-bond acceptors (Lipinski definition) is 5.